The van der Waals surface area contributed by atoms with E-state index in [1.165, 1.54) is 11.1 Å². The van der Waals surface area contributed by atoms with Crippen LogP contribution in [0.2, 0.25) is 10.0 Å². The molecule has 0 radical (unpaired) electrons. The number of hydrogen-bond acceptors (Lipinski definition) is 10. The molecule has 6 aromatic rings. The summed E-state index contributed by atoms with van der Waals surface area (Å²) in [5, 5.41) is 24.3. The Morgan fingerprint density at radius 1 is 0.922 bits per heavy atom. The molecule has 2 aliphatic heterocycles. The van der Waals surface area contributed by atoms with Crippen LogP contribution in [0.5, 0.6) is 5.88 Å². The number of aryl methyl sites for hydroxylation is 2. The summed E-state index contributed by atoms with van der Waals surface area (Å²) in [4.78, 5) is 56.4. The lowest BCUT2D eigenvalue weighted by Crippen LogP contribution is -2.49. The van der Waals surface area contributed by atoms with Gasteiger partial charge in [0, 0.05) is 88.4 Å². The number of hydrogen-bond donors (Lipinski definition) is 3. The maximum absolute atomic E-state index is 13.3. The highest BCUT2D eigenvalue weighted by atomic mass is 35.5. The van der Waals surface area contributed by atoms with Crippen LogP contribution >= 0.6 is 34.5 Å². The van der Waals surface area contributed by atoms with Crippen molar-refractivity contribution in [2.45, 2.75) is 78.2 Å². The van der Waals surface area contributed by atoms with E-state index in [4.69, 9.17) is 37.9 Å². The fourth-order valence-electron chi connectivity index (χ4n) is 8.55. The lowest BCUT2D eigenvalue weighted by Gasteiger charge is -2.35. The number of aromatic carboxylic acids is 1. The minimum absolute atomic E-state index is 0.0752. The summed E-state index contributed by atoms with van der Waals surface area (Å²) in [5.74, 6) is 1.60. The smallest absolute Gasteiger partial charge is 0.337 e. The number of anilines is 1. The second kappa shape index (κ2) is 19.5. The number of carbonyl (C=O) groups excluding carboxylic acids is 2. The number of aromatic amines is 1. The van der Waals surface area contributed by atoms with Gasteiger partial charge in [0.15, 0.2) is 5.82 Å². The summed E-state index contributed by atoms with van der Waals surface area (Å²) in [6, 6.07) is 14.4. The van der Waals surface area contributed by atoms with E-state index < -0.39 is 12.0 Å². The number of ether oxygens (including phenoxy) is 1. The van der Waals surface area contributed by atoms with Gasteiger partial charge in [0.2, 0.25) is 17.7 Å². The summed E-state index contributed by atoms with van der Waals surface area (Å²) < 4.78 is 7.73. The van der Waals surface area contributed by atoms with Crippen LogP contribution in [-0.2, 0) is 9.59 Å². The molecule has 2 aliphatic rings. The van der Waals surface area contributed by atoms with Crippen molar-refractivity contribution in [3.05, 3.63) is 104 Å². The van der Waals surface area contributed by atoms with E-state index in [1.807, 2.05) is 48.2 Å². The van der Waals surface area contributed by atoms with Gasteiger partial charge in [-0.2, -0.15) is 4.98 Å². The molecule has 334 valence electrons. The molecule has 0 aliphatic carbocycles. The number of halogens is 2. The molecule has 1 fully saturated rings. The van der Waals surface area contributed by atoms with Crippen molar-refractivity contribution in [3.63, 3.8) is 0 Å². The molecule has 17 heteroatoms. The van der Waals surface area contributed by atoms with Gasteiger partial charge in [-0.1, -0.05) is 61.0 Å². The topological polar surface area (TPSA) is 171 Å². The third kappa shape index (κ3) is 9.38. The van der Waals surface area contributed by atoms with Crippen LogP contribution in [0.15, 0.2) is 59.7 Å². The van der Waals surface area contributed by atoms with Gasteiger partial charge < -0.3 is 29.9 Å². The van der Waals surface area contributed by atoms with Gasteiger partial charge in [-0.3, -0.25) is 19.1 Å². The molecule has 0 bridgehead atoms. The zero-order valence-electron chi connectivity index (χ0n) is 36.3. The third-order valence-electron chi connectivity index (χ3n) is 12.2. The van der Waals surface area contributed by atoms with Crippen LogP contribution in [0.4, 0.5) is 5.82 Å². The molecule has 2 amide bonds. The van der Waals surface area contributed by atoms with Gasteiger partial charge in [0.05, 0.1) is 29.8 Å². The first kappa shape index (κ1) is 44.8. The SMILES string of the molecule is COc1nc(N2CCN(C(=O)CCCCCCCCNC(=O)CC3N=C(c4ccc(Cl)cc4)c4c(sc(C)c4C)-n4c(C)nnc43)CC2)ccc1-c1cc2c(C(=O)O)c[nH]c2cc1Cl. The first-order valence-electron chi connectivity index (χ1n) is 21.7. The Morgan fingerprint density at radius 2 is 1.66 bits per heavy atom. The van der Waals surface area contributed by atoms with Crippen LogP contribution in [-0.4, -0.2) is 98.1 Å². The number of H-pyrrole nitrogens is 1. The standard InChI is InChI=1S/C47H51Cl2N9O5S/c1-27-28(2)64-46-42(27)43(30-12-14-31(48)15-13-30)52-38(44-55-54-29(3)58(44)46)25-40(59)50-18-10-8-6-5-7-9-11-41(60)57-21-19-56(20-22-57)39-17-16-32(45(53-39)63-4)33-23-34-35(47(61)62)26-51-37(34)24-36(33)49/h12-17,23-24,26,38,51H,5-11,18-22,25H2,1-4H3,(H,50,59)(H,61,62). The van der Waals surface area contributed by atoms with Crippen molar-refractivity contribution in [1.82, 2.24) is 34.9 Å². The number of carboxylic acid groups (broad SMARTS) is 1. The zero-order chi connectivity index (χ0) is 45.1. The Hall–Kier alpha value is -5.77. The van der Waals surface area contributed by atoms with Crippen molar-refractivity contribution in [2.75, 3.05) is 44.7 Å². The van der Waals surface area contributed by atoms with Gasteiger partial charge in [-0.15, -0.1) is 21.5 Å². The lowest BCUT2D eigenvalue weighted by molar-refractivity contribution is -0.131. The molecule has 64 heavy (non-hydrogen) atoms. The molecule has 4 aromatic heterocycles. The number of nitrogens with one attached hydrogen (secondary N) is 2. The number of thiophene rings is 1. The van der Waals surface area contributed by atoms with Crippen LogP contribution < -0.4 is 15.0 Å². The average Bonchev–Trinajstić information content (AvgIpc) is 3.95. The van der Waals surface area contributed by atoms with Gasteiger partial charge in [0.25, 0.3) is 0 Å². The van der Waals surface area contributed by atoms with Crippen molar-refractivity contribution >= 4 is 74.8 Å². The number of nitrogens with zero attached hydrogens (tertiary/aromatic N) is 7. The molecule has 0 saturated carbocycles. The monoisotopic (exact) mass is 923 g/mol. The second-order valence-corrected chi connectivity index (χ2v) is 18.4. The Kier molecular flexibility index (Phi) is 13.7. The van der Waals surface area contributed by atoms with Gasteiger partial charge in [0.1, 0.15) is 22.7 Å². The number of carboxylic acids is 1. The molecule has 14 nitrogen and oxygen atoms in total. The lowest BCUT2D eigenvalue weighted by atomic mass is 9.99. The number of methoxy groups -OCH3 is 1. The molecule has 8 rings (SSSR count). The summed E-state index contributed by atoms with van der Waals surface area (Å²) >= 11 is 14.6. The van der Waals surface area contributed by atoms with E-state index in [2.05, 4.69) is 43.8 Å². The fraction of sp³-hybridized carbons (Fsp3) is 0.383. The van der Waals surface area contributed by atoms with Crippen molar-refractivity contribution in [2.24, 2.45) is 4.99 Å². The molecule has 1 atom stereocenters. The van der Waals surface area contributed by atoms with Gasteiger partial charge >= 0.3 is 5.97 Å². The highest BCUT2D eigenvalue weighted by Crippen LogP contribution is 2.41. The predicted molar refractivity (Wildman–Crippen MR) is 252 cm³/mol. The third-order valence-corrected chi connectivity index (χ3v) is 13.9. The van der Waals surface area contributed by atoms with Crippen molar-refractivity contribution < 1.29 is 24.2 Å². The first-order chi connectivity index (χ1) is 30.9. The summed E-state index contributed by atoms with van der Waals surface area (Å²) in [6.07, 6.45) is 7.89. The van der Waals surface area contributed by atoms with Crippen molar-refractivity contribution in [3.8, 4) is 22.0 Å². The van der Waals surface area contributed by atoms with Crippen LogP contribution in [0.3, 0.4) is 0 Å². The molecule has 0 spiro atoms. The highest BCUT2D eigenvalue weighted by Gasteiger charge is 2.32. The Morgan fingerprint density at radius 3 is 2.39 bits per heavy atom. The minimum Gasteiger partial charge on any atom is -0.480 e. The normalized spacial score (nSPS) is 14.8. The minimum atomic E-state index is -1.03. The number of carbonyl (C=O) groups is 3. The molecule has 2 aromatic carbocycles. The number of aromatic nitrogens is 5. The van der Waals surface area contributed by atoms with Crippen LogP contribution in [0.1, 0.15) is 101 Å². The first-order valence-corrected chi connectivity index (χ1v) is 23.2. The number of unbranched alkanes of at least 4 members (excludes halogenated alkanes) is 5. The number of pyridine rings is 1. The maximum Gasteiger partial charge on any atom is 0.337 e. The fourth-order valence-corrected chi connectivity index (χ4v) is 10.2. The molecule has 1 unspecified atom stereocenters. The average molecular weight is 925 g/mol. The summed E-state index contributed by atoms with van der Waals surface area (Å²) in [5.41, 5.74) is 6.02. The second-order valence-electron chi connectivity index (χ2n) is 16.3. The number of fused-ring (bicyclic) bond motifs is 4. The van der Waals surface area contributed by atoms with Crippen LogP contribution in [0, 0.1) is 20.8 Å². The largest absolute Gasteiger partial charge is 0.480 e. The summed E-state index contributed by atoms with van der Waals surface area (Å²) in [6.45, 7) is 9.24. The van der Waals surface area contributed by atoms with E-state index in [1.54, 1.807) is 30.6 Å². The van der Waals surface area contributed by atoms with Crippen LogP contribution in [0.25, 0.3) is 27.0 Å². The number of benzene rings is 2. The number of aliphatic imine (C=N–C) groups is 1. The molecule has 6 heterocycles. The van der Waals surface area contributed by atoms with E-state index >= 15 is 0 Å². The van der Waals surface area contributed by atoms with E-state index in [0.717, 1.165) is 77.6 Å². The summed E-state index contributed by atoms with van der Waals surface area (Å²) in [7, 11) is 1.54. The predicted octanol–water partition coefficient (Wildman–Crippen LogP) is 9.29. The molecule has 1 saturated heterocycles. The molecule has 3 N–H and O–H groups in total. The Balaban J connectivity index is 0.755. The van der Waals surface area contributed by atoms with Gasteiger partial charge in [-0.05, 0) is 75.6 Å². The maximum atomic E-state index is 13.3. The van der Waals surface area contributed by atoms with Crippen molar-refractivity contribution in [1.29, 1.82) is 0 Å². The Labute approximate surface area is 385 Å². The van der Waals surface area contributed by atoms with Gasteiger partial charge in [-0.25, -0.2) is 4.79 Å². The molecular formula is C47H51Cl2N9O5S. The zero-order valence-corrected chi connectivity index (χ0v) is 38.7. The quantitative estimate of drug-likeness (QED) is 0.0801. The number of rotatable bonds is 16. The van der Waals surface area contributed by atoms with E-state index in [0.29, 0.717) is 82.9 Å². The number of amides is 2. The molecular weight excluding hydrogens is 874 g/mol. The van der Waals surface area contributed by atoms with E-state index in [9.17, 15) is 19.5 Å². The van der Waals surface area contributed by atoms with E-state index in [-0.39, 0.29) is 23.8 Å². The number of piperazine rings is 1. The highest BCUT2D eigenvalue weighted by molar-refractivity contribution is 7.15. The Bertz CT molecular complexity index is 2740.